The molecule has 0 aliphatic rings. The van der Waals surface area contributed by atoms with Crippen LogP contribution in [0.4, 0.5) is 11.4 Å². The Morgan fingerprint density at radius 2 is 1.52 bits per heavy atom. The monoisotopic (exact) mass is 370 g/mol. The Morgan fingerprint density at radius 3 is 2.22 bits per heavy atom. The molecule has 0 radical (unpaired) electrons. The van der Waals surface area contributed by atoms with Gasteiger partial charge in [0, 0.05) is 11.9 Å². The summed E-state index contributed by atoms with van der Waals surface area (Å²) in [4.78, 5) is 4.67. The third kappa shape index (κ3) is 5.33. The summed E-state index contributed by atoms with van der Waals surface area (Å²) >= 11 is -1.16. The standard InChI is InChI=1S/C15H14N.C8H10N.CH3.Al/c1-12-7-9-15(10-8-12)16-11-14-6-4-3-5-13(14)2;1-6-4-3-5-7(2)8(6)9;;/h3-11H,2H2,1H3;3-5,9H,1-2H3;1H3;/q;-1;;+1. The molecule has 1 N–H and O–H groups in total. The number of benzene rings is 3. The van der Waals surface area contributed by atoms with Gasteiger partial charge < -0.3 is 4.30 Å². The molecule has 0 aromatic heterocycles. The van der Waals surface area contributed by atoms with Crippen LogP contribution in [0.2, 0.25) is 5.79 Å². The maximum absolute atomic E-state index is 4.67. The van der Waals surface area contributed by atoms with Crippen LogP contribution >= 0.6 is 0 Å². The van der Waals surface area contributed by atoms with Crippen LogP contribution in [-0.2, 0) is 5.28 Å². The van der Waals surface area contributed by atoms with E-state index in [1.54, 1.807) is 0 Å². The third-order valence-electron chi connectivity index (χ3n) is 4.84. The van der Waals surface area contributed by atoms with Crippen molar-refractivity contribution < 1.29 is 0 Å². The van der Waals surface area contributed by atoms with E-state index in [2.05, 4.69) is 103 Å². The van der Waals surface area contributed by atoms with Gasteiger partial charge in [0.25, 0.3) is 0 Å². The molecule has 0 fully saturated rings. The Bertz CT molecular complexity index is 909. The van der Waals surface area contributed by atoms with Crippen LogP contribution in [0.5, 0.6) is 0 Å². The van der Waals surface area contributed by atoms with Crippen LogP contribution in [-0.4, -0.2) is 20.6 Å². The Labute approximate surface area is 167 Å². The molecule has 3 aromatic rings. The second-order valence-electron chi connectivity index (χ2n) is 7.31. The van der Waals surface area contributed by atoms with Crippen LogP contribution in [0.3, 0.4) is 0 Å². The first-order valence-corrected chi connectivity index (χ1v) is 12.1. The smallest absolute Gasteiger partial charge is 0.412 e. The molecule has 0 aliphatic carbocycles. The quantitative estimate of drug-likeness (QED) is 0.407. The Balaban J connectivity index is 1.74. The van der Waals surface area contributed by atoms with Crippen molar-refractivity contribution in [3.05, 3.63) is 94.5 Å². The third-order valence-corrected chi connectivity index (χ3v) is 6.67. The Kier molecular flexibility index (Phi) is 6.50. The normalized spacial score (nSPS) is 11.0. The number of hydrogen-bond donors (Lipinski definition) is 1. The molecule has 0 amide bonds. The van der Waals surface area contributed by atoms with Crippen molar-refractivity contribution in [2.24, 2.45) is 4.99 Å². The molecule has 136 valence electrons. The van der Waals surface area contributed by atoms with Crippen LogP contribution in [0.1, 0.15) is 27.8 Å². The molecule has 0 aliphatic heterocycles. The summed E-state index contributed by atoms with van der Waals surface area (Å²) in [7, 11) is 0. The maximum Gasteiger partial charge on any atom is 0.412 e. The van der Waals surface area contributed by atoms with E-state index in [-0.39, 0.29) is 0 Å². The van der Waals surface area contributed by atoms with Crippen molar-refractivity contribution in [1.82, 2.24) is 0 Å². The van der Waals surface area contributed by atoms with Crippen molar-refractivity contribution in [2.75, 3.05) is 4.30 Å². The highest BCUT2D eigenvalue weighted by molar-refractivity contribution is 6.60. The minimum absolute atomic E-state index is 0.995. The average Bonchev–Trinajstić information content (AvgIpc) is 2.65. The van der Waals surface area contributed by atoms with E-state index in [1.807, 2.05) is 6.21 Å². The first-order valence-electron chi connectivity index (χ1n) is 9.54. The lowest BCUT2D eigenvalue weighted by atomic mass is 10.1. The zero-order valence-corrected chi connectivity index (χ0v) is 17.8. The predicted octanol–water partition coefficient (Wildman–Crippen LogP) is 6.18. The highest BCUT2D eigenvalue weighted by atomic mass is 27.2. The van der Waals surface area contributed by atoms with E-state index in [0.29, 0.717) is 0 Å². The minimum Gasteiger partial charge on any atom is -0.476 e. The summed E-state index contributed by atoms with van der Waals surface area (Å²) in [5.41, 5.74) is 8.78. The van der Waals surface area contributed by atoms with Crippen LogP contribution in [0.15, 0.2) is 71.7 Å². The second kappa shape index (κ2) is 9.04. The van der Waals surface area contributed by atoms with Crippen LogP contribution in [0, 0.1) is 20.8 Å². The van der Waals surface area contributed by atoms with Crippen LogP contribution < -0.4 is 4.30 Å². The van der Waals surface area contributed by atoms with Gasteiger partial charge in [-0.25, -0.2) is 0 Å². The molecule has 0 spiro atoms. The van der Waals surface area contributed by atoms with Gasteiger partial charge in [0.05, 0.1) is 5.69 Å². The number of anilines is 1. The maximum atomic E-state index is 4.67. The molecule has 0 saturated heterocycles. The summed E-state index contributed by atoms with van der Waals surface area (Å²) in [6, 6.07) is 23.4. The lowest BCUT2D eigenvalue weighted by Crippen LogP contribution is -2.25. The minimum atomic E-state index is -1.16. The largest absolute Gasteiger partial charge is 0.476 e. The number of nitrogens with zero attached hydrogens (tertiary/aromatic N) is 1. The van der Waals surface area contributed by atoms with Gasteiger partial charge in [-0.3, -0.25) is 4.99 Å². The van der Waals surface area contributed by atoms with E-state index in [1.165, 1.54) is 33.5 Å². The molecule has 0 bridgehead atoms. The molecule has 0 unspecified atom stereocenters. The van der Waals surface area contributed by atoms with Gasteiger partial charge in [-0.15, -0.1) is 0 Å². The zero-order valence-electron chi connectivity index (χ0n) is 16.7. The molecule has 3 aromatic carbocycles. The summed E-state index contributed by atoms with van der Waals surface area (Å²) in [6.45, 7) is 6.45. The average molecular weight is 370 g/mol. The van der Waals surface area contributed by atoms with Gasteiger partial charge in [0.1, 0.15) is 0 Å². The SMILES string of the molecule is Cc1ccc(N=Cc2ccccc2[CH2][Al]([CH3])[NH]c2c(C)cccc2C)cc1. The van der Waals surface area contributed by atoms with E-state index < -0.39 is 14.4 Å². The number of aryl methyl sites for hydroxylation is 3. The molecule has 0 saturated carbocycles. The number of aliphatic imine (C=N–C) groups is 1. The fraction of sp³-hybridized carbons (Fsp3) is 0.208. The molecular formula is C24H27AlN2. The van der Waals surface area contributed by atoms with Crippen molar-refractivity contribution in [1.29, 1.82) is 0 Å². The molecule has 0 atom stereocenters. The summed E-state index contributed by atoms with van der Waals surface area (Å²) in [5, 5.41) is 1.09. The van der Waals surface area contributed by atoms with Crippen molar-refractivity contribution in [3.8, 4) is 0 Å². The Hall–Kier alpha value is -2.34. The lowest BCUT2D eigenvalue weighted by Gasteiger charge is -2.17. The van der Waals surface area contributed by atoms with Gasteiger partial charge in [0.15, 0.2) is 0 Å². The molecule has 2 nitrogen and oxygen atoms in total. The highest BCUT2D eigenvalue weighted by Gasteiger charge is 2.16. The van der Waals surface area contributed by atoms with Gasteiger partial charge in [-0.2, -0.15) is 0 Å². The molecule has 0 heterocycles. The number of nitrogens with one attached hydrogen (secondary N) is 1. The first kappa shape index (κ1) is 19.4. The zero-order chi connectivity index (χ0) is 19.2. The van der Waals surface area contributed by atoms with E-state index in [4.69, 9.17) is 0 Å². The van der Waals surface area contributed by atoms with E-state index in [9.17, 15) is 0 Å². The van der Waals surface area contributed by atoms with Gasteiger partial charge >= 0.3 is 14.4 Å². The van der Waals surface area contributed by atoms with Gasteiger partial charge in [-0.05, 0) is 54.9 Å². The fourth-order valence-corrected chi connectivity index (χ4v) is 5.37. The molecule has 27 heavy (non-hydrogen) atoms. The predicted molar refractivity (Wildman–Crippen MR) is 120 cm³/mol. The van der Waals surface area contributed by atoms with E-state index in [0.717, 1.165) is 11.0 Å². The van der Waals surface area contributed by atoms with Gasteiger partial charge in [0.2, 0.25) is 0 Å². The summed E-state index contributed by atoms with van der Waals surface area (Å²) in [5.74, 6) is 2.37. The van der Waals surface area contributed by atoms with Crippen molar-refractivity contribution in [3.63, 3.8) is 0 Å². The van der Waals surface area contributed by atoms with Gasteiger partial charge in [-0.1, -0.05) is 71.5 Å². The molecule has 3 rings (SSSR count). The van der Waals surface area contributed by atoms with E-state index >= 15 is 0 Å². The first-order chi connectivity index (χ1) is 13.0. The van der Waals surface area contributed by atoms with Crippen LogP contribution in [0.25, 0.3) is 0 Å². The Morgan fingerprint density at radius 1 is 0.852 bits per heavy atom. The molecule has 3 heteroatoms. The second-order valence-corrected chi connectivity index (χ2v) is 9.81. The summed E-state index contributed by atoms with van der Waals surface area (Å²) < 4.78 is 3.83. The van der Waals surface area contributed by atoms with Crippen molar-refractivity contribution in [2.45, 2.75) is 31.8 Å². The topological polar surface area (TPSA) is 24.4 Å². The highest BCUT2D eigenvalue weighted by Crippen LogP contribution is 2.21. The summed E-state index contributed by atoms with van der Waals surface area (Å²) in [6.07, 6.45) is 2.00. The lowest BCUT2D eigenvalue weighted by molar-refractivity contribution is 1.31. The molecular weight excluding hydrogens is 343 g/mol. The number of hydrogen-bond acceptors (Lipinski definition) is 2. The number of para-hydroxylation sites is 1. The fourth-order valence-electron chi connectivity index (χ4n) is 3.29. The van der Waals surface area contributed by atoms with Crippen molar-refractivity contribution >= 4 is 32.0 Å². The number of rotatable bonds is 6.